The lowest BCUT2D eigenvalue weighted by atomic mass is 10.0. The first-order valence-electron chi connectivity index (χ1n) is 22.1. The average molecular weight is 898 g/mol. The van der Waals surface area contributed by atoms with Crippen LogP contribution in [0.3, 0.4) is 0 Å². The van der Waals surface area contributed by atoms with E-state index in [4.69, 9.17) is 0 Å². The molecule has 66 heavy (non-hydrogen) atoms. The molecule has 0 radical (unpaired) electrons. The molecule has 0 bridgehead atoms. The van der Waals surface area contributed by atoms with Crippen molar-refractivity contribution in [3.63, 3.8) is 0 Å². The molecule has 0 spiro atoms. The number of hydrogen-bond acceptors (Lipinski definition) is 4. The molecule has 5 heterocycles. The molecule has 0 atom stereocenters. The van der Waals surface area contributed by atoms with Gasteiger partial charge in [-0.25, -0.2) is 0 Å². The first-order chi connectivity index (χ1) is 32.7. The molecular weight excluding hydrogens is 859 g/mol. The minimum absolute atomic E-state index is 1.11. The number of hydrogen-bond donors (Lipinski definition) is 0. The zero-order valence-corrected chi connectivity index (χ0v) is 38.0. The van der Waals surface area contributed by atoms with Crippen LogP contribution in [0.5, 0.6) is 0 Å². The lowest BCUT2D eigenvalue weighted by molar-refractivity contribution is 1.15. The topological polar surface area (TPSA) is 13.1 Å². The Labute approximate surface area is 394 Å². The number of anilines is 3. The summed E-state index contributed by atoms with van der Waals surface area (Å²) in [5.41, 5.74) is 19.1. The van der Waals surface area contributed by atoms with Gasteiger partial charge in [-0.2, -0.15) is 0 Å². The standard InChI is InChI=1S/C60H39N3S3/c1-5-14-40(15-6-1)44-24-30-48(31-25-44)61(49-32-26-45(27-33-49)41-16-7-2-8-17-41)54-39-53-58(65-54)60-56(63(53)51-23-13-22-47(38-51)43-20-11-4-12-21-43)55-59(66-60)57-52(36-37-64-57)62(55)50-34-28-46(29-35-50)42-18-9-3-10-19-42/h1-39H. The highest BCUT2D eigenvalue weighted by Crippen LogP contribution is 2.53. The third kappa shape index (κ3) is 6.53. The highest BCUT2D eigenvalue weighted by Gasteiger charge is 2.28. The van der Waals surface area contributed by atoms with Crippen LogP contribution in [-0.4, -0.2) is 9.13 Å². The molecule has 0 fully saturated rings. The van der Waals surface area contributed by atoms with Gasteiger partial charge >= 0.3 is 0 Å². The fraction of sp³-hybridized carbons (Fsp3) is 0. The van der Waals surface area contributed by atoms with E-state index in [2.05, 4.69) is 250 Å². The molecule has 0 saturated carbocycles. The Morgan fingerprint density at radius 3 is 1.27 bits per heavy atom. The van der Waals surface area contributed by atoms with Gasteiger partial charge in [0.15, 0.2) is 0 Å². The maximum absolute atomic E-state index is 2.55. The van der Waals surface area contributed by atoms with Crippen LogP contribution in [0.15, 0.2) is 236 Å². The van der Waals surface area contributed by atoms with E-state index in [1.807, 2.05) is 34.0 Å². The van der Waals surface area contributed by atoms with Gasteiger partial charge in [0.1, 0.15) is 5.00 Å². The maximum atomic E-state index is 2.55. The van der Waals surface area contributed by atoms with Crippen LogP contribution in [0.25, 0.3) is 96.7 Å². The summed E-state index contributed by atoms with van der Waals surface area (Å²) in [6.07, 6.45) is 0. The highest BCUT2D eigenvalue weighted by atomic mass is 32.1. The molecular formula is C60H39N3S3. The Hall–Kier alpha value is -7.74. The quantitative estimate of drug-likeness (QED) is 0.141. The number of benzene rings is 8. The molecule has 0 aliphatic heterocycles. The van der Waals surface area contributed by atoms with Crippen molar-refractivity contribution < 1.29 is 0 Å². The van der Waals surface area contributed by atoms with Gasteiger partial charge in [-0.15, -0.1) is 34.0 Å². The third-order valence-electron chi connectivity index (χ3n) is 12.7. The van der Waals surface area contributed by atoms with Crippen LogP contribution in [-0.2, 0) is 0 Å². The van der Waals surface area contributed by atoms with Crippen molar-refractivity contribution in [3.8, 4) is 55.9 Å². The second-order valence-corrected chi connectivity index (χ2v) is 19.5. The first kappa shape index (κ1) is 38.7. The Balaban J connectivity index is 1.04. The predicted octanol–water partition coefficient (Wildman–Crippen LogP) is 18.2. The van der Waals surface area contributed by atoms with Crippen molar-refractivity contribution in [2.45, 2.75) is 0 Å². The second kappa shape index (κ2) is 16.1. The zero-order valence-electron chi connectivity index (χ0n) is 35.6. The smallest absolute Gasteiger partial charge is 0.103 e. The zero-order chi connectivity index (χ0) is 43.6. The summed E-state index contributed by atoms with van der Waals surface area (Å²) >= 11 is 5.65. The van der Waals surface area contributed by atoms with Gasteiger partial charge in [-0.1, -0.05) is 170 Å². The Bertz CT molecular complexity index is 3740. The van der Waals surface area contributed by atoms with E-state index < -0.39 is 0 Å². The van der Waals surface area contributed by atoms with Crippen LogP contribution in [0.4, 0.5) is 16.4 Å². The van der Waals surface area contributed by atoms with Crippen molar-refractivity contribution in [1.82, 2.24) is 9.13 Å². The van der Waals surface area contributed by atoms with Crippen LogP contribution in [0.2, 0.25) is 0 Å². The van der Waals surface area contributed by atoms with E-state index >= 15 is 0 Å². The van der Waals surface area contributed by atoms with Crippen molar-refractivity contribution in [1.29, 1.82) is 0 Å². The van der Waals surface area contributed by atoms with Gasteiger partial charge in [-0.05, 0) is 111 Å². The maximum Gasteiger partial charge on any atom is 0.103 e. The Kier molecular flexibility index (Phi) is 9.41. The van der Waals surface area contributed by atoms with E-state index in [9.17, 15) is 0 Å². The van der Waals surface area contributed by atoms with E-state index in [1.165, 1.54) is 85.4 Å². The molecule has 0 unspecified atom stereocenters. The van der Waals surface area contributed by atoms with Crippen LogP contribution in [0, 0.1) is 0 Å². The van der Waals surface area contributed by atoms with Crippen molar-refractivity contribution in [2.75, 3.05) is 4.90 Å². The number of nitrogens with zero attached hydrogens (tertiary/aromatic N) is 3. The van der Waals surface area contributed by atoms with Gasteiger partial charge in [0, 0.05) is 22.7 Å². The van der Waals surface area contributed by atoms with Gasteiger partial charge in [-0.3, -0.25) is 0 Å². The highest BCUT2D eigenvalue weighted by molar-refractivity contribution is 7.34. The summed E-state index contributed by atoms with van der Waals surface area (Å²) in [4.78, 5) is 2.43. The summed E-state index contributed by atoms with van der Waals surface area (Å²) in [5.74, 6) is 0. The largest absolute Gasteiger partial charge is 0.306 e. The number of rotatable bonds is 9. The summed E-state index contributed by atoms with van der Waals surface area (Å²) in [7, 11) is 0. The molecule has 13 aromatic rings. The Morgan fingerprint density at radius 2 is 0.742 bits per heavy atom. The molecule has 5 aromatic heterocycles. The number of aromatic nitrogens is 2. The minimum Gasteiger partial charge on any atom is -0.306 e. The van der Waals surface area contributed by atoms with Gasteiger partial charge < -0.3 is 14.0 Å². The minimum atomic E-state index is 1.11. The fourth-order valence-electron chi connectivity index (χ4n) is 9.53. The summed E-state index contributed by atoms with van der Waals surface area (Å²) in [6.45, 7) is 0. The SMILES string of the molecule is c1ccc(-c2ccc(N(c3ccc(-c4ccccc4)cc3)c3cc4c(s3)c3sc5c6sccc6n(-c6ccc(-c7ccccc7)cc6)c5c3n4-c3cccc(-c4ccccc4)c3)cc2)cc1. The number of thiophene rings is 3. The van der Waals surface area contributed by atoms with Crippen LogP contribution in [0.1, 0.15) is 0 Å². The monoisotopic (exact) mass is 897 g/mol. The molecule has 0 amide bonds. The molecule has 312 valence electrons. The molecule has 0 saturated heterocycles. The third-order valence-corrected chi connectivity index (χ3v) is 16.2. The first-order valence-corrected chi connectivity index (χ1v) is 24.7. The lowest BCUT2D eigenvalue weighted by Gasteiger charge is -2.24. The second-order valence-electron chi connectivity index (χ2n) is 16.6. The molecule has 0 aliphatic carbocycles. The van der Waals surface area contributed by atoms with Gasteiger partial charge in [0.2, 0.25) is 0 Å². The molecule has 3 nitrogen and oxygen atoms in total. The molecule has 13 rings (SSSR count). The summed E-state index contributed by atoms with van der Waals surface area (Å²) in [5, 5.41) is 3.40. The van der Waals surface area contributed by atoms with Crippen LogP contribution >= 0.6 is 34.0 Å². The van der Waals surface area contributed by atoms with Crippen molar-refractivity contribution in [2.24, 2.45) is 0 Å². The number of fused-ring (bicyclic) bond motifs is 7. The molecule has 0 N–H and O–H groups in total. The molecule has 6 heteroatoms. The molecule has 8 aromatic carbocycles. The van der Waals surface area contributed by atoms with E-state index in [0.29, 0.717) is 0 Å². The van der Waals surface area contributed by atoms with Gasteiger partial charge in [0.25, 0.3) is 0 Å². The Morgan fingerprint density at radius 1 is 0.303 bits per heavy atom. The lowest BCUT2D eigenvalue weighted by Crippen LogP contribution is -2.08. The normalized spacial score (nSPS) is 11.6. The summed E-state index contributed by atoms with van der Waals surface area (Å²) in [6, 6.07) is 83.6. The average Bonchev–Trinajstić information content (AvgIpc) is 4.22. The van der Waals surface area contributed by atoms with Crippen LogP contribution < -0.4 is 4.90 Å². The predicted molar refractivity (Wildman–Crippen MR) is 285 cm³/mol. The van der Waals surface area contributed by atoms with E-state index in [1.54, 1.807) is 0 Å². The summed E-state index contributed by atoms with van der Waals surface area (Å²) < 4.78 is 10.3. The fourth-order valence-corrected chi connectivity index (χ4v) is 13.2. The van der Waals surface area contributed by atoms with Crippen molar-refractivity contribution in [3.05, 3.63) is 236 Å². The van der Waals surface area contributed by atoms with Crippen molar-refractivity contribution >= 4 is 91.3 Å². The molecule has 0 aliphatic rings. The van der Waals surface area contributed by atoms with E-state index in [0.717, 1.165) is 27.8 Å². The van der Waals surface area contributed by atoms with E-state index in [-0.39, 0.29) is 0 Å². The van der Waals surface area contributed by atoms with Gasteiger partial charge in [0.05, 0.1) is 40.9 Å².